The lowest BCUT2D eigenvalue weighted by molar-refractivity contribution is -0.122. The molecule has 6 nitrogen and oxygen atoms in total. The highest BCUT2D eigenvalue weighted by Gasteiger charge is 2.35. The molecule has 0 saturated heterocycles. The third-order valence-corrected chi connectivity index (χ3v) is 4.98. The van der Waals surface area contributed by atoms with Crippen LogP contribution in [0.15, 0.2) is 40.8 Å². The number of fused-ring (bicyclic) bond motifs is 1. The van der Waals surface area contributed by atoms with E-state index in [0.29, 0.717) is 0 Å². The number of furan rings is 1. The van der Waals surface area contributed by atoms with Gasteiger partial charge >= 0.3 is 6.03 Å². The monoisotopic (exact) mass is 369 g/mol. The molecule has 3 rings (SSSR count). The summed E-state index contributed by atoms with van der Waals surface area (Å²) in [6, 6.07) is 10.2. The fraction of sp³-hybridized carbons (Fsp3) is 0.429. The predicted octanol–water partition coefficient (Wildman–Crippen LogP) is 3.52. The molecule has 0 bridgehead atoms. The van der Waals surface area contributed by atoms with Crippen molar-refractivity contribution in [1.82, 2.24) is 10.6 Å². The number of hydrogen-bond acceptors (Lipinski definition) is 3. The Labute approximate surface area is 159 Å². The average molecular weight is 369 g/mol. The lowest BCUT2D eigenvalue weighted by Crippen LogP contribution is -2.39. The van der Waals surface area contributed by atoms with Gasteiger partial charge in [-0.25, -0.2) is 4.79 Å². The van der Waals surface area contributed by atoms with Crippen LogP contribution in [-0.4, -0.2) is 11.9 Å². The van der Waals surface area contributed by atoms with Crippen molar-refractivity contribution in [3.05, 3.63) is 59.0 Å². The van der Waals surface area contributed by atoms with Crippen LogP contribution in [0.5, 0.6) is 0 Å². The fourth-order valence-electron chi connectivity index (χ4n) is 3.86. The van der Waals surface area contributed by atoms with E-state index in [9.17, 15) is 9.59 Å². The van der Waals surface area contributed by atoms with Crippen LogP contribution < -0.4 is 16.4 Å². The summed E-state index contributed by atoms with van der Waals surface area (Å²) in [5, 5.41) is 5.79. The normalized spacial score (nSPS) is 19.0. The molecule has 0 radical (unpaired) electrons. The third kappa shape index (κ3) is 4.70. The van der Waals surface area contributed by atoms with Gasteiger partial charge in [0, 0.05) is 12.0 Å². The predicted molar refractivity (Wildman–Crippen MR) is 103 cm³/mol. The molecule has 1 aliphatic carbocycles. The standard InChI is InChI=1S/C21H27N3O3/c1-13-9-15-17(11-21(2,3)12-18(15)27-13)23-19(25)10-16(24-20(22)26)14-7-5-4-6-8-14/h4-9,16-17H,10-12H2,1-3H3,(H,23,25)(H3,22,24,26)/t16-,17-/m1/s1. The van der Waals surface area contributed by atoms with E-state index in [4.69, 9.17) is 10.2 Å². The molecule has 6 heteroatoms. The molecule has 0 spiro atoms. The summed E-state index contributed by atoms with van der Waals surface area (Å²) in [5.41, 5.74) is 7.24. The lowest BCUT2D eigenvalue weighted by atomic mass is 9.74. The van der Waals surface area contributed by atoms with Gasteiger partial charge in [0.15, 0.2) is 0 Å². The summed E-state index contributed by atoms with van der Waals surface area (Å²) in [7, 11) is 0. The van der Waals surface area contributed by atoms with Crippen LogP contribution in [-0.2, 0) is 11.2 Å². The minimum absolute atomic E-state index is 0.0412. The molecule has 0 saturated carbocycles. The maximum atomic E-state index is 12.8. The Morgan fingerprint density at radius 1 is 1.30 bits per heavy atom. The van der Waals surface area contributed by atoms with E-state index < -0.39 is 12.1 Å². The number of nitrogens with two attached hydrogens (primary N) is 1. The van der Waals surface area contributed by atoms with Gasteiger partial charge in [0.25, 0.3) is 0 Å². The number of amides is 3. The summed E-state index contributed by atoms with van der Waals surface area (Å²) in [4.78, 5) is 24.1. The molecule has 27 heavy (non-hydrogen) atoms. The van der Waals surface area contributed by atoms with Crippen LogP contribution in [0.2, 0.25) is 0 Å². The van der Waals surface area contributed by atoms with Gasteiger partial charge in [0.05, 0.1) is 18.5 Å². The van der Waals surface area contributed by atoms with Crippen molar-refractivity contribution < 1.29 is 14.0 Å². The summed E-state index contributed by atoms with van der Waals surface area (Å²) >= 11 is 0. The maximum absolute atomic E-state index is 12.8. The van der Waals surface area contributed by atoms with Crippen LogP contribution in [0.4, 0.5) is 4.79 Å². The molecule has 1 aromatic carbocycles. The second-order valence-electron chi connectivity index (χ2n) is 8.08. The van der Waals surface area contributed by atoms with Gasteiger partial charge in [-0.2, -0.15) is 0 Å². The summed E-state index contributed by atoms with van der Waals surface area (Å²) in [6.07, 6.45) is 1.82. The zero-order valence-corrected chi connectivity index (χ0v) is 16.0. The number of primary amides is 1. The molecule has 1 heterocycles. The van der Waals surface area contributed by atoms with Crippen molar-refractivity contribution in [2.24, 2.45) is 11.1 Å². The van der Waals surface area contributed by atoms with Crippen LogP contribution in [0.25, 0.3) is 0 Å². The Hall–Kier alpha value is -2.76. The lowest BCUT2D eigenvalue weighted by Gasteiger charge is -2.35. The molecule has 144 valence electrons. The molecule has 0 aliphatic heterocycles. The Balaban J connectivity index is 1.75. The van der Waals surface area contributed by atoms with E-state index >= 15 is 0 Å². The molecule has 3 amide bonds. The summed E-state index contributed by atoms with van der Waals surface area (Å²) in [6.45, 7) is 6.27. The van der Waals surface area contributed by atoms with Gasteiger partial charge in [0.1, 0.15) is 11.5 Å². The zero-order valence-electron chi connectivity index (χ0n) is 16.0. The summed E-state index contributed by atoms with van der Waals surface area (Å²) in [5.74, 6) is 1.67. The number of hydrogen-bond donors (Lipinski definition) is 3. The second kappa shape index (κ2) is 7.47. The molecule has 1 aromatic heterocycles. The third-order valence-electron chi connectivity index (χ3n) is 4.98. The Bertz CT molecular complexity index is 826. The largest absolute Gasteiger partial charge is 0.466 e. The number of aryl methyl sites for hydroxylation is 1. The zero-order chi connectivity index (χ0) is 19.6. The Kier molecular flexibility index (Phi) is 5.26. The average Bonchev–Trinajstić information content (AvgIpc) is 2.93. The van der Waals surface area contributed by atoms with Gasteiger partial charge in [-0.15, -0.1) is 0 Å². The van der Waals surface area contributed by atoms with Crippen molar-refractivity contribution in [3.8, 4) is 0 Å². The second-order valence-corrected chi connectivity index (χ2v) is 8.08. The first-order valence-electron chi connectivity index (χ1n) is 9.23. The molecule has 2 atom stereocenters. The minimum atomic E-state index is -0.650. The first-order chi connectivity index (χ1) is 12.7. The fourth-order valence-corrected chi connectivity index (χ4v) is 3.86. The molecular formula is C21H27N3O3. The molecule has 4 N–H and O–H groups in total. The van der Waals surface area contributed by atoms with E-state index in [-0.39, 0.29) is 23.8 Å². The highest BCUT2D eigenvalue weighted by atomic mass is 16.3. The van der Waals surface area contributed by atoms with Gasteiger partial charge in [-0.3, -0.25) is 4.79 Å². The molecule has 0 fully saturated rings. The number of nitrogens with one attached hydrogen (secondary N) is 2. The number of carbonyl (C=O) groups is 2. The topological polar surface area (TPSA) is 97.4 Å². The van der Waals surface area contributed by atoms with Crippen molar-refractivity contribution in [2.75, 3.05) is 0 Å². The van der Waals surface area contributed by atoms with Crippen molar-refractivity contribution in [2.45, 2.75) is 52.1 Å². The van der Waals surface area contributed by atoms with Crippen molar-refractivity contribution in [3.63, 3.8) is 0 Å². The number of rotatable bonds is 5. The molecular weight excluding hydrogens is 342 g/mol. The van der Waals surface area contributed by atoms with E-state index in [1.165, 1.54) is 0 Å². The SMILES string of the molecule is Cc1cc2c(o1)CC(C)(C)C[C@H]2NC(=O)C[C@@H](NC(N)=O)c1ccccc1. The van der Waals surface area contributed by atoms with Gasteiger partial charge in [-0.1, -0.05) is 44.2 Å². The van der Waals surface area contributed by atoms with Crippen LogP contribution in [0.1, 0.15) is 61.4 Å². The smallest absolute Gasteiger partial charge is 0.312 e. The van der Waals surface area contributed by atoms with Crippen molar-refractivity contribution >= 4 is 11.9 Å². The first kappa shape index (κ1) is 19.0. The highest BCUT2D eigenvalue weighted by molar-refractivity contribution is 5.79. The summed E-state index contributed by atoms with van der Waals surface area (Å²) < 4.78 is 5.83. The first-order valence-corrected chi connectivity index (χ1v) is 9.23. The number of benzene rings is 1. The minimum Gasteiger partial charge on any atom is -0.466 e. The molecule has 2 aromatic rings. The number of carbonyl (C=O) groups excluding carboxylic acids is 2. The van der Waals surface area contributed by atoms with E-state index in [0.717, 1.165) is 35.5 Å². The number of urea groups is 1. The van der Waals surface area contributed by atoms with Gasteiger partial charge in [-0.05, 0) is 30.4 Å². The Morgan fingerprint density at radius 3 is 2.67 bits per heavy atom. The van der Waals surface area contributed by atoms with E-state index in [1.54, 1.807) is 0 Å². The quantitative estimate of drug-likeness (QED) is 0.752. The molecule has 1 aliphatic rings. The Morgan fingerprint density at radius 2 is 2.00 bits per heavy atom. The van der Waals surface area contributed by atoms with Crippen LogP contribution >= 0.6 is 0 Å². The highest BCUT2D eigenvalue weighted by Crippen LogP contribution is 2.42. The van der Waals surface area contributed by atoms with Gasteiger partial charge in [0.2, 0.25) is 5.91 Å². The molecule has 0 unspecified atom stereocenters. The van der Waals surface area contributed by atoms with Crippen LogP contribution in [0, 0.1) is 12.3 Å². The van der Waals surface area contributed by atoms with Gasteiger partial charge < -0.3 is 20.8 Å². The maximum Gasteiger partial charge on any atom is 0.312 e. The van der Waals surface area contributed by atoms with Crippen molar-refractivity contribution in [1.29, 1.82) is 0 Å². The van der Waals surface area contributed by atoms with E-state index in [1.807, 2.05) is 43.3 Å². The van der Waals surface area contributed by atoms with E-state index in [2.05, 4.69) is 24.5 Å². The van der Waals surface area contributed by atoms with Crippen LogP contribution in [0.3, 0.4) is 0 Å².